The van der Waals surface area contributed by atoms with E-state index in [0.717, 1.165) is 0 Å². The maximum atomic E-state index is 11.4. The van der Waals surface area contributed by atoms with Gasteiger partial charge in [-0.05, 0) is 24.1 Å². The molecule has 0 saturated heterocycles. The van der Waals surface area contributed by atoms with E-state index in [1.807, 2.05) is 0 Å². The van der Waals surface area contributed by atoms with Crippen LogP contribution in [-0.2, 0) is 4.74 Å². The van der Waals surface area contributed by atoms with Crippen LogP contribution >= 0.6 is 0 Å². The molecule has 3 N–H and O–H groups in total. The molecule has 0 heterocycles. The summed E-state index contributed by atoms with van der Waals surface area (Å²) in [5, 5.41) is 2.54. The van der Waals surface area contributed by atoms with E-state index in [1.54, 1.807) is 25.2 Å². The van der Waals surface area contributed by atoms with Crippen LogP contribution in [0.5, 0.6) is 5.75 Å². The number of benzene rings is 1. The maximum absolute atomic E-state index is 11.4. The van der Waals surface area contributed by atoms with Gasteiger partial charge in [0.25, 0.3) is 5.91 Å². The molecule has 0 fully saturated rings. The van der Waals surface area contributed by atoms with E-state index >= 15 is 0 Å². The van der Waals surface area contributed by atoms with Crippen molar-refractivity contribution in [2.24, 2.45) is 5.92 Å². The molecule has 1 aromatic rings. The molecule has 0 saturated carbocycles. The molecule has 0 atom stereocenters. The number of nitrogen functional groups attached to an aromatic ring is 1. The normalized spacial score (nSPS) is 10.5. The summed E-state index contributed by atoms with van der Waals surface area (Å²) in [4.78, 5) is 11.4. The van der Waals surface area contributed by atoms with Gasteiger partial charge in [-0.3, -0.25) is 4.79 Å². The number of amides is 1. The average molecular weight is 266 g/mol. The lowest BCUT2D eigenvalue weighted by Gasteiger charge is -2.11. The summed E-state index contributed by atoms with van der Waals surface area (Å²) in [5.74, 6) is 0.913. The van der Waals surface area contributed by atoms with E-state index in [4.69, 9.17) is 15.2 Å². The number of carbonyl (C=O) groups is 1. The highest BCUT2D eigenvalue weighted by Gasteiger charge is 2.07. The fourth-order valence-corrected chi connectivity index (χ4v) is 1.50. The van der Waals surface area contributed by atoms with E-state index in [2.05, 4.69) is 19.2 Å². The van der Waals surface area contributed by atoms with Gasteiger partial charge in [0, 0.05) is 19.2 Å². The lowest BCUT2D eigenvalue weighted by molar-refractivity contribution is 0.0821. The van der Waals surface area contributed by atoms with Crippen molar-refractivity contribution in [3.05, 3.63) is 23.8 Å². The maximum Gasteiger partial charge on any atom is 0.251 e. The van der Waals surface area contributed by atoms with Gasteiger partial charge in [-0.1, -0.05) is 13.8 Å². The summed E-state index contributed by atoms with van der Waals surface area (Å²) in [6.07, 6.45) is 0. The molecule has 19 heavy (non-hydrogen) atoms. The number of hydrogen-bond acceptors (Lipinski definition) is 4. The number of rotatable bonds is 7. The molecule has 0 aromatic heterocycles. The molecule has 0 radical (unpaired) electrons. The summed E-state index contributed by atoms with van der Waals surface area (Å²) in [6.45, 7) is 5.87. The Balaban J connectivity index is 2.44. The quantitative estimate of drug-likeness (QED) is 0.581. The largest absolute Gasteiger partial charge is 0.489 e. The first-order valence-electron chi connectivity index (χ1n) is 6.36. The zero-order valence-electron chi connectivity index (χ0n) is 11.7. The highest BCUT2D eigenvalue weighted by atomic mass is 16.5. The molecular formula is C14H22N2O3. The highest BCUT2D eigenvalue weighted by molar-refractivity contribution is 5.95. The first-order valence-corrected chi connectivity index (χ1v) is 6.36. The number of nitrogens with one attached hydrogen (secondary N) is 1. The van der Waals surface area contributed by atoms with Gasteiger partial charge in [-0.2, -0.15) is 0 Å². The van der Waals surface area contributed by atoms with Crippen LogP contribution < -0.4 is 15.8 Å². The van der Waals surface area contributed by atoms with Gasteiger partial charge >= 0.3 is 0 Å². The predicted molar refractivity (Wildman–Crippen MR) is 75.4 cm³/mol. The first-order chi connectivity index (χ1) is 9.04. The summed E-state index contributed by atoms with van der Waals surface area (Å²) in [6, 6.07) is 4.98. The minimum absolute atomic E-state index is 0.168. The van der Waals surface area contributed by atoms with Crippen molar-refractivity contribution in [3.63, 3.8) is 0 Å². The number of anilines is 1. The fourth-order valence-electron chi connectivity index (χ4n) is 1.50. The van der Waals surface area contributed by atoms with Gasteiger partial charge < -0.3 is 20.5 Å². The zero-order chi connectivity index (χ0) is 14.3. The van der Waals surface area contributed by atoms with Crippen molar-refractivity contribution in [1.29, 1.82) is 0 Å². The fraction of sp³-hybridized carbons (Fsp3) is 0.500. The Morgan fingerprint density at radius 3 is 2.68 bits per heavy atom. The smallest absolute Gasteiger partial charge is 0.251 e. The summed E-state index contributed by atoms with van der Waals surface area (Å²) >= 11 is 0. The van der Waals surface area contributed by atoms with Gasteiger partial charge in [-0.25, -0.2) is 0 Å². The number of hydrogen-bond donors (Lipinski definition) is 2. The van der Waals surface area contributed by atoms with Crippen LogP contribution in [0.4, 0.5) is 5.69 Å². The van der Waals surface area contributed by atoms with Gasteiger partial charge in [0.15, 0.2) is 0 Å². The summed E-state index contributed by atoms with van der Waals surface area (Å²) in [7, 11) is 1.58. The summed E-state index contributed by atoms with van der Waals surface area (Å²) in [5.41, 5.74) is 6.80. The molecule has 0 aliphatic rings. The lowest BCUT2D eigenvalue weighted by atomic mass is 10.2. The van der Waals surface area contributed by atoms with Crippen molar-refractivity contribution in [2.45, 2.75) is 13.8 Å². The minimum atomic E-state index is -0.168. The van der Waals surface area contributed by atoms with E-state index in [0.29, 0.717) is 42.7 Å². The number of nitrogens with two attached hydrogens (primary N) is 1. The monoisotopic (exact) mass is 266 g/mol. The Morgan fingerprint density at radius 2 is 2.11 bits per heavy atom. The molecule has 0 aliphatic heterocycles. The molecule has 0 aliphatic carbocycles. The second-order valence-electron chi connectivity index (χ2n) is 4.65. The Morgan fingerprint density at radius 1 is 1.37 bits per heavy atom. The minimum Gasteiger partial charge on any atom is -0.489 e. The zero-order valence-corrected chi connectivity index (χ0v) is 11.7. The molecule has 1 rings (SSSR count). The van der Waals surface area contributed by atoms with Crippen LogP contribution in [0.25, 0.3) is 0 Å². The van der Waals surface area contributed by atoms with Crippen molar-refractivity contribution < 1.29 is 14.3 Å². The van der Waals surface area contributed by atoms with E-state index in [1.165, 1.54) is 0 Å². The third kappa shape index (κ3) is 5.18. The molecule has 1 amide bonds. The van der Waals surface area contributed by atoms with Gasteiger partial charge in [0.2, 0.25) is 0 Å². The molecule has 0 bridgehead atoms. The van der Waals surface area contributed by atoms with Crippen molar-refractivity contribution >= 4 is 11.6 Å². The molecule has 1 aromatic carbocycles. The Hall–Kier alpha value is -1.75. The third-order valence-electron chi connectivity index (χ3n) is 2.44. The molecule has 5 heteroatoms. The van der Waals surface area contributed by atoms with Crippen LogP contribution in [0.15, 0.2) is 18.2 Å². The number of carbonyl (C=O) groups excluding carboxylic acids is 1. The van der Waals surface area contributed by atoms with Crippen molar-refractivity contribution in [1.82, 2.24) is 5.32 Å². The topological polar surface area (TPSA) is 73.6 Å². The Bertz CT molecular complexity index is 419. The predicted octanol–water partition coefficient (Wildman–Crippen LogP) is 1.68. The summed E-state index contributed by atoms with van der Waals surface area (Å²) < 4.78 is 10.9. The van der Waals surface area contributed by atoms with E-state index in [-0.39, 0.29) is 5.91 Å². The SMILES string of the molecule is CNC(=O)c1ccc(OCCOCC(C)C)c(N)c1. The molecular weight excluding hydrogens is 244 g/mol. The molecule has 0 unspecified atom stereocenters. The van der Waals surface area contributed by atoms with Crippen LogP contribution in [0.2, 0.25) is 0 Å². The van der Waals surface area contributed by atoms with Gasteiger partial charge in [-0.15, -0.1) is 0 Å². The van der Waals surface area contributed by atoms with Crippen LogP contribution in [0.1, 0.15) is 24.2 Å². The van der Waals surface area contributed by atoms with Gasteiger partial charge in [0.05, 0.1) is 12.3 Å². The van der Waals surface area contributed by atoms with Crippen LogP contribution in [0.3, 0.4) is 0 Å². The van der Waals surface area contributed by atoms with Crippen molar-refractivity contribution in [3.8, 4) is 5.75 Å². The van der Waals surface area contributed by atoms with Crippen LogP contribution in [-0.4, -0.2) is 32.8 Å². The third-order valence-corrected chi connectivity index (χ3v) is 2.44. The molecule has 0 spiro atoms. The van der Waals surface area contributed by atoms with Gasteiger partial charge in [0.1, 0.15) is 12.4 Å². The first kappa shape index (κ1) is 15.3. The average Bonchev–Trinajstić information content (AvgIpc) is 2.38. The highest BCUT2D eigenvalue weighted by Crippen LogP contribution is 2.22. The van der Waals surface area contributed by atoms with Crippen LogP contribution in [0, 0.1) is 5.92 Å². The van der Waals surface area contributed by atoms with Crippen molar-refractivity contribution in [2.75, 3.05) is 32.6 Å². The van der Waals surface area contributed by atoms with E-state index < -0.39 is 0 Å². The Labute approximate surface area is 114 Å². The molecule has 106 valence electrons. The Kier molecular flexibility index (Phi) is 6.15. The number of ether oxygens (including phenoxy) is 2. The lowest BCUT2D eigenvalue weighted by Crippen LogP contribution is -2.18. The molecule has 5 nitrogen and oxygen atoms in total. The van der Waals surface area contributed by atoms with E-state index in [9.17, 15) is 4.79 Å². The second kappa shape index (κ2) is 7.63. The standard InChI is InChI=1S/C14H22N2O3/c1-10(2)9-18-6-7-19-13-5-4-11(8-12(13)15)14(17)16-3/h4-5,8,10H,6-7,9,15H2,1-3H3,(H,16,17). The second-order valence-corrected chi connectivity index (χ2v) is 4.65.